The highest BCUT2D eigenvalue weighted by atomic mass is 16.5. The van der Waals surface area contributed by atoms with Gasteiger partial charge in [0.2, 0.25) is 0 Å². The third kappa shape index (κ3) is 6.95. The molecule has 1 aliphatic rings. The number of fused-ring (bicyclic) bond motifs is 1. The van der Waals surface area contributed by atoms with Crippen LogP contribution in [-0.2, 0) is 6.42 Å². The highest BCUT2D eigenvalue weighted by molar-refractivity contribution is 6.12. The Balaban J connectivity index is 1.33. The second kappa shape index (κ2) is 12.7. The largest absolute Gasteiger partial charge is 0.493 e. The number of rotatable bonds is 11. The van der Waals surface area contributed by atoms with Gasteiger partial charge in [-0.3, -0.25) is 14.4 Å². The maximum absolute atomic E-state index is 13.4. The van der Waals surface area contributed by atoms with E-state index in [0.717, 1.165) is 24.5 Å². The fraction of sp³-hybridized carbons (Fsp3) is 0.250. The molecule has 4 aromatic rings. The lowest BCUT2D eigenvalue weighted by atomic mass is 10.1. The van der Waals surface area contributed by atoms with Crippen molar-refractivity contribution in [3.8, 4) is 11.5 Å². The summed E-state index contributed by atoms with van der Waals surface area (Å²) < 4.78 is 16.4. The molecule has 0 aliphatic heterocycles. The quantitative estimate of drug-likeness (QED) is 0.216. The molecule has 3 aromatic carbocycles. The number of amides is 3. The highest BCUT2D eigenvalue weighted by Crippen LogP contribution is 2.34. The van der Waals surface area contributed by atoms with E-state index in [9.17, 15) is 24.3 Å². The van der Waals surface area contributed by atoms with E-state index in [1.807, 2.05) is 12.1 Å². The van der Waals surface area contributed by atoms with Crippen LogP contribution in [0.4, 0.5) is 16.2 Å². The predicted molar refractivity (Wildman–Crippen MR) is 160 cm³/mol. The summed E-state index contributed by atoms with van der Waals surface area (Å²) in [5.41, 5.74) is 1.49. The van der Waals surface area contributed by atoms with E-state index in [1.54, 1.807) is 36.4 Å². The van der Waals surface area contributed by atoms with Gasteiger partial charge in [0.25, 0.3) is 11.8 Å². The molecule has 11 nitrogen and oxygen atoms in total. The summed E-state index contributed by atoms with van der Waals surface area (Å²) in [5.74, 6) is -0.482. The number of hydrogen-bond donors (Lipinski definition) is 3. The smallest absolute Gasteiger partial charge is 0.407 e. The average Bonchev–Trinajstić information content (AvgIpc) is 3.83. The maximum Gasteiger partial charge on any atom is 0.407 e. The number of para-hydroxylation sites is 1. The summed E-state index contributed by atoms with van der Waals surface area (Å²) in [6, 6.07) is 17.7. The fourth-order valence-electron chi connectivity index (χ4n) is 4.66. The average molecular weight is 586 g/mol. The second-order valence-corrected chi connectivity index (χ2v) is 10.3. The normalized spacial score (nSPS) is 12.4. The first-order valence-corrected chi connectivity index (χ1v) is 13.7. The van der Waals surface area contributed by atoms with Gasteiger partial charge in [-0.1, -0.05) is 24.3 Å². The summed E-state index contributed by atoms with van der Waals surface area (Å²) in [5, 5.41) is 15.3. The van der Waals surface area contributed by atoms with Crippen molar-refractivity contribution in [2.75, 3.05) is 37.9 Å². The van der Waals surface area contributed by atoms with Crippen molar-refractivity contribution >= 4 is 40.3 Å². The van der Waals surface area contributed by atoms with E-state index in [0.29, 0.717) is 36.5 Å². The molecule has 43 heavy (non-hydrogen) atoms. The van der Waals surface area contributed by atoms with Crippen molar-refractivity contribution in [3.63, 3.8) is 0 Å². The zero-order chi connectivity index (χ0) is 30.5. The highest BCUT2D eigenvalue weighted by Gasteiger charge is 2.26. The first kappa shape index (κ1) is 29.2. The summed E-state index contributed by atoms with van der Waals surface area (Å²) in [6.07, 6.45) is 1.77. The Kier molecular flexibility index (Phi) is 8.61. The molecular weight excluding hydrogens is 554 g/mol. The number of carbonyl (C=O) groups is 3. The van der Waals surface area contributed by atoms with Crippen molar-refractivity contribution in [1.29, 1.82) is 0 Å². The molecule has 1 saturated carbocycles. The van der Waals surface area contributed by atoms with Gasteiger partial charge < -0.3 is 34.5 Å². The van der Waals surface area contributed by atoms with Crippen LogP contribution in [0.15, 0.2) is 75.9 Å². The monoisotopic (exact) mass is 585 g/mol. The molecule has 222 valence electrons. The number of nitrogens with zero attached hydrogens (tertiary/aromatic N) is 1. The molecule has 1 aliphatic carbocycles. The van der Waals surface area contributed by atoms with E-state index >= 15 is 0 Å². The molecule has 0 atom stereocenters. The maximum atomic E-state index is 13.4. The molecule has 11 heteroatoms. The number of nitrogens with one attached hydrogen (secondary N) is 2. The van der Waals surface area contributed by atoms with Crippen LogP contribution in [-0.4, -0.2) is 55.2 Å². The van der Waals surface area contributed by atoms with Crippen molar-refractivity contribution in [1.82, 2.24) is 4.90 Å². The van der Waals surface area contributed by atoms with E-state index < -0.39 is 17.9 Å². The third-order valence-corrected chi connectivity index (χ3v) is 7.20. The zero-order valence-corrected chi connectivity index (χ0v) is 23.7. The molecule has 1 aromatic heterocycles. The number of anilines is 2. The number of carboxylic acid groups (broad SMARTS) is 1. The van der Waals surface area contributed by atoms with E-state index in [4.69, 9.17) is 13.9 Å². The Morgan fingerprint density at radius 2 is 1.63 bits per heavy atom. The minimum atomic E-state index is -0.920. The van der Waals surface area contributed by atoms with Crippen molar-refractivity contribution < 1.29 is 33.4 Å². The number of hydrogen-bond acceptors (Lipinski definition) is 7. The van der Waals surface area contributed by atoms with E-state index in [-0.39, 0.29) is 39.5 Å². The standard InChI is InChI=1S/C32H31N3O8/c1-41-27-15-23(30(37)33-21-11-9-19(10-12-21)13-14-35(32(39)40)18-20-7-8-20)24(16-28(27)42-2)34-31(38)29-17-25(36)22-5-3-4-6-26(22)43-29/h3-6,9-12,15-17,20H,7-8,13-14,18H2,1-2H3,(H,33,37)(H,34,38)(H,39,40). The lowest BCUT2D eigenvalue weighted by molar-refractivity contribution is 0.0997. The van der Waals surface area contributed by atoms with Crippen LogP contribution in [0, 0.1) is 5.92 Å². The van der Waals surface area contributed by atoms with Gasteiger partial charge in [0, 0.05) is 30.9 Å². The molecule has 0 radical (unpaired) electrons. The summed E-state index contributed by atoms with van der Waals surface area (Å²) >= 11 is 0. The van der Waals surface area contributed by atoms with Gasteiger partial charge in [0.1, 0.15) is 5.58 Å². The van der Waals surface area contributed by atoms with Crippen LogP contribution >= 0.6 is 0 Å². The lowest BCUT2D eigenvalue weighted by Gasteiger charge is -2.19. The minimum Gasteiger partial charge on any atom is -0.493 e. The first-order valence-electron chi connectivity index (χ1n) is 13.7. The molecule has 3 N–H and O–H groups in total. The van der Waals surface area contributed by atoms with Crippen LogP contribution in [0.2, 0.25) is 0 Å². The van der Waals surface area contributed by atoms with Crippen LogP contribution in [0.5, 0.6) is 11.5 Å². The van der Waals surface area contributed by atoms with Gasteiger partial charge in [0.15, 0.2) is 22.7 Å². The van der Waals surface area contributed by atoms with Crippen LogP contribution in [0.1, 0.15) is 39.3 Å². The molecule has 0 unspecified atom stereocenters. The molecule has 1 heterocycles. The van der Waals surface area contributed by atoms with Gasteiger partial charge >= 0.3 is 6.09 Å². The number of carbonyl (C=O) groups excluding carboxylic acids is 2. The zero-order valence-electron chi connectivity index (χ0n) is 23.7. The van der Waals surface area contributed by atoms with E-state index in [1.165, 1.54) is 31.3 Å². The lowest BCUT2D eigenvalue weighted by Crippen LogP contribution is -2.33. The minimum absolute atomic E-state index is 0.0791. The third-order valence-electron chi connectivity index (χ3n) is 7.20. The van der Waals surface area contributed by atoms with Crippen LogP contribution < -0.4 is 25.5 Å². The predicted octanol–water partition coefficient (Wildman–Crippen LogP) is 5.25. The molecule has 0 saturated heterocycles. The summed E-state index contributed by atoms with van der Waals surface area (Å²) in [4.78, 5) is 52.1. The van der Waals surface area contributed by atoms with Gasteiger partial charge in [0.05, 0.1) is 30.9 Å². The number of benzene rings is 3. The Morgan fingerprint density at radius 1 is 0.930 bits per heavy atom. The summed E-state index contributed by atoms with van der Waals surface area (Å²) in [6.45, 7) is 0.949. The summed E-state index contributed by atoms with van der Waals surface area (Å²) in [7, 11) is 2.85. The Morgan fingerprint density at radius 3 is 2.30 bits per heavy atom. The van der Waals surface area contributed by atoms with Crippen LogP contribution in [0.25, 0.3) is 11.0 Å². The number of ether oxygens (including phenoxy) is 2. The number of methoxy groups -OCH3 is 2. The molecule has 3 amide bonds. The fourth-order valence-corrected chi connectivity index (χ4v) is 4.66. The van der Waals surface area contributed by atoms with Crippen molar-refractivity contribution in [2.45, 2.75) is 19.3 Å². The Hall–Kier alpha value is -5.32. The molecule has 1 fully saturated rings. The van der Waals surface area contributed by atoms with Gasteiger partial charge in [-0.15, -0.1) is 0 Å². The van der Waals surface area contributed by atoms with Gasteiger partial charge in [-0.05, 0) is 61.1 Å². The van der Waals surface area contributed by atoms with Gasteiger partial charge in [-0.25, -0.2) is 4.79 Å². The van der Waals surface area contributed by atoms with Crippen molar-refractivity contribution in [2.24, 2.45) is 5.92 Å². The first-order chi connectivity index (χ1) is 20.7. The molecule has 5 rings (SSSR count). The molecule has 0 spiro atoms. The topological polar surface area (TPSA) is 147 Å². The Bertz CT molecular complexity index is 1730. The SMILES string of the molecule is COc1cc(NC(=O)c2cc(=O)c3ccccc3o2)c(C(=O)Nc2ccc(CCN(CC3CC3)C(=O)O)cc2)cc1OC. The molecular formula is C32H31N3O8. The second-order valence-electron chi connectivity index (χ2n) is 10.3. The van der Waals surface area contributed by atoms with Gasteiger partial charge in [-0.2, -0.15) is 0 Å². The van der Waals surface area contributed by atoms with Crippen LogP contribution in [0.3, 0.4) is 0 Å². The molecule has 0 bridgehead atoms. The van der Waals surface area contributed by atoms with Crippen molar-refractivity contribution in [3.05, 3.63) is 93.8 Å². The van der Waals surface area contributed by atoms with E-state index in [2.05, 4.69) is 10.6 Å². The Labute approximate surface area is 247 Å².